The quantitative estimate of drug-likeness (QED) is 0.569. The lowest BCUT2D eigenvalue weighted by Gasteiger charge is -2.05. The molecule has 0 radical (unpaired) electrons. The molecule has 1 amide bonds. The van der Waals surface area contributed by atoms with Crippen molar-refractivity contribution in [2.45, 2.75) is 13.5 Å². The van der Waals surface area contributed by atoms with Crippen LogP contribution in [0.25, 0.3) is 10.2 Å². The van der Waals surface area contributed by atoms with Gasteiger partial charge >= 0.3 is 5.97 Å². The number of carbonyl (C=O) groups is 2. The van der Waals surface area contributed by atoms with Crippen LogP contribution >= 0.6 is 45.9 Å². The Bertz CT molecular complexity index is 1070. The fourth-order valence-electron chi connectivity index (χ4n) is 2.29. The predicted octanol–water partition coefficient (Wildman–Crippen LogP) is 4.51. The van der Waals surface area contributed by atoms with Crippen molar-refractivity contribution < 1.29 is 18.7 Å². The number of esters is 1. The number of amides is 1. The molecule has 0 N–H and O–H groups in total. The average molecular weight is 433 g/mol. The van der Waals surface area contributed by atoms with E-state index in [2.05, 4.69) is 4.99 Å². The first-order valence-corrected chi connectivity index (χ1v) is 9.77. The summed E-state index contributed by atoms with van der Waals surface area (Å²) < 4.78 is 21.7. The van der Waals surface area contributed by atoms with Crippen LogP contribution in [-0.4, -0.2) is 23.1 Å². The van der Waals surface area contributed by atoms with Gasteiger partial charge in [-0.15, -0.1) is 11.3 Å². The van der Waals surface area contributed by atoms with E-state index in [1.807, 2.05) is 0 Å². The molecule has 26 heavy (non-hydrogen) atoms. The fraction of sp³-hybridized carbons (Fsp3) is 0.188. The lowest BCUT2D eigenvalue weighted by Crippen LogP contribution is -2.23. The summed E-state index contributed by atoms with van der Waals surface area (Å²) in [5.41, 5.74) is 0.342. The third-order valence-electron chi connectivity index (χ3n) is 3.33. The van der Waals surface area contributed by atoms with Gasteiger partial charge in [-0.3, -0.25) is 9.59 Å². The molecule has 136 valence electrons. The Balaban J connectivity index is 2.15. The van der Waals surface area contributed by atoms with Gasteiger partial charge in [-0.25, -0.2) is 4.39 Å². The van der Waals surface area contributed by atoms with Crippen molar-refractivity contribution in [1.29, 1.82) is 0 Å². The van der Waals surface area contributed by atoms with Crippen LogP contribution < -0.4 is 4.80 Å². The largest absolute Gasteiger partial charge is 0.465 e. The maximum Gasteiger partial charge on any atom is 0.326 e. The highest BCUT2D eigenvalue weighted by atomic mass is 35.5. The number of aromatic nitrogens is 1. The Morgan fingerprint density at radius 2 is 2.08 bits per heavy atom. The molecule has 0 aliphatic rings. The van der Waals surface area contributed by atoms with Gasteiger partial charge in [-0.05, 0) is 25.1 Å². The lowest BCUT2D eigenvalue weighted by molar-refractivity contribution is -0.143. The zero-order chi connectivity index (χ0) is 18.8. The van der Waals surface area contributed by atoms with Crippen molar-refractivity contribution in [3.63, 3.8) is 0 Å². The van der Waals surface area contributed by atoms with E-state index in [1.165, 1.54) is 16.7 Å². The predicted molar refractivity (Wildman–Crippen MR) is 101 cm³/mol. The van der Waals surface area contributed by atoms with E-state index in [0.29, 0.717) is 9.04 Å². The van der Waals surface area contributed by atoms with Crippen LogP contribution in [0, 0.1) is 5.82 Å². The summed E-state index contributed by atoms with van der Waals surface area (Å²) in [5, 5.41) is 0. The van der Waals surface area contributed by atoms with Crippen LogP contribution in [0.5, 0.6) is 0 Å². The SMILES string of the molecule is CCOC(=O)Cn1c(=NC(=O)c2cc(Cl)sc2Cl)sc2cccc(F)c21. The molecule has 1 aromatic carbocycles. The van der Waals surface area contributed by atoms with Crippen molar-refractivity contribution in [2.75, 3.05) is 6.61 Å². The number of hydrogen-bond acceptors (Lipinski definition) is 5. The topological polar surface area (TPSA) is 60.7 Å². The molecular weight excluding hydrogens is 422 g/mol. The molecule has 0 aliphatic heterocycles. The minimum atomic E-state index is -0.622. The van der Waals surface area contributed by atoms with Crippen LogP contribution in [0.1, 0.15) is 17.3 Å². The second-order valence-corrected chi connectivity index (χ2v) is 8.31. The van der Waals surface area contributed by atoms with Gasteiger partial charge in [0, 0.05) is 0 Å². The Morgan fingerprint density at radius 1 is 1.31 bits per heavy atom. The van der Waals surface area contributed by atoms with E-state index < -0.39 is 17.7 Å². The fourth-order valence-corrected chi connectivity index (χ4v) is 4.78. The maximum absolute atomic E-state index is 14.3. The Hall–Kier alpha value is -1.74. The van der Waals surface area contributed by atoms with Gasteiger partial charge in [0.1, 0.15) is 16.7 Å². The second-order valence-electron chi connectivity index (χ2n) is 5.02. The van der Waals surface area contributed by atoms with Gasteiger partial charge in [0.05, 0.1) is 26.7 Å². The first kappa shape index (κ1) is 19.0. The van der Waals surface area contributed by atoms with Crippen molar-refractivity contribution in [1.82, 2.24) is 4.57 Å². The lowest BCUT2D eigenvalue weighted by atomic mass is 10.3. The van der Waals surface area contributed by atoms with Crippen molar-refractivity contribution in [2.24, 2.45) is 4.99 Å². The molecule has 3 rings (SSSR count). The first-order valence-electron chi connectivity index (χ1n) is 7.38. The summed E-state index contributed by atoms with van der Waals surface area (Å²) in [5.74, 6) is -1.70. The van der Waals surface area contributed by atoms with Gasteiger partial charge in [-0.1, -0.05) is 40.6 Å². The molecule has 10 heteroatoms. The number of rotatable bonds is 4. The van der Waals surface area contributed by atoms with E-state index in [1.54, 1.807) is 19.1 Å². The number of thiophene rings is 1. The maximum atomic E-state index is 14.3. The second kappa shape index (κ2) is 7.87. The highest BCUT2D eigenvalue weighted by molar-refractivity contribution is 7.20. The summed E-state index contributed by atoms with van der Waals surface area (Å²) in [4.78, 5) is 28.6. The average Bonchev–Trinajstić information content (AvgIpc) is 3.08. The number of halogens is 3. The summed E-state index contributed by atoms with van der Waals surface area (Å²) in [6.07, 6.45) is 0. The molecule has 0 aliphatic carbocycles. The van der Waals surface area contributed by atoms with E-state index in [0.717, 1.165) is 22.7 Å². The Morgan fingerprint density at radius 3 is 2.73 bits per heavy atom. The van der Waals surface area contributed by atoms with E-state index >= 15 is 0 Å². The molecule has 3 aromatic rings. The van der Waals surface area contributed by atoms with Crippen molar-refractivity contribution in [3.05, 3.63) is 49.1 Å². The number of hydrogen-bond donors (Lipinski definition) is 0. The van der Waals surface area contributed by atoms with Crippen LogP contribution in [0.3, 0.4) is 0 Å². The molecule has 0 spiro atoms. The third-order valence-corrected chi connectivity index (χ3v) is 5.86. The van der Waals surface area contributed by atoms with E-state index in [9.17, 15) is 14.0 Å². The molecule has 2 heterocycles. The Kier molecular flexibility index (Phi) is 5.76. The van der Waals surface area contributed by atoms with Gasteiger partial charge in [0.2, 0.25) is 0 Å². The van der Waals surface area contributed by atoms with Gasteiger partial charge in [-0.2, -0.15) is 4.99 Å². The molecule has 0 saturated heterocycles. The zero-order valence-corrected chi connectivity index (χ0v) is 16.4. The van der Waals surface area contributed by atoms with Crippen LogP contribution in [0.2, 0.25) is 8.67 Å². The summed E-state index contributed by atoms with van der Waals surface area (Å²) in [6, 6.07) is 5.93. The van der Waals surface area contributed by atoms with Gasteiger partial charge < -0.3 is 9.30 Å². The molecule has 0 fully saturated rings. The molecular formula is C16H11Cl2FN2O3S2. The molecule has 0 saturated carbocycles. The molecule has 2 aromatic heterocycles. The van der Waals surface area contributed by atoms with Crippen molar-refractivity contribution in [3.8, 4) is 0 Å². The summed E-state index contributed by atoms with van der Waals surface area (Å²) in [7, 11) is 0. The third kappa shape index (κ3) is 3.83. The Labute approximate surface area is 165 Å². The number of para-hydroxylation sites is 1. The highest BCUT2D eigenvalue weighted by Gasteiger charge is 2.17. The smallest absolute Gasteiger partial charge is 0.326 e. The van der Waals surface area contributed by atoms with Crippen LogP contribution in [-0.2, 0) is 16.1 Å². The van der Waals surface area contributed by atoms with Gasteiger partial charge in [0.25, 0.3) is 5.91 Å². The number of nitrogens with zero attached hydrogens (tertiary/aromatic N) is 2. The molecule has 0 unspecified atom stereocenters. The summed E-state index contributed by atoms with van der Waals surface area (Å²) in [6.45, 7) is 1.60. The van der Waals surface area contributed by atoms with Crippen LogP contribution in [0.15, 0.2) is 29.3 Å². The molecule has 0 atom stereocenters. The summed E-state index contributed by atoms with van der Waals surface area (Å²) >= 11 is 14.0. The first-order chi connectivity index (χ1) is 12.4. The minimum absolute atomic E-state index is 0.155. The van der Waals surface area contributed by atoms with Gasteiger partial charge in [0.15, 0.2) is 4.80 Å². The van der Waals surface area contributed by atoms with Crippen molar-refractivity contribution >= 4 is 68.0 Å². The number of thiazole rings is 1. The number of carbonyl (C=O) groups excluding carboxylic acids is 2. The van der Waals surface area contributed by atoms with E-state index in [-0.39, 0.29) is 33.4 Å². The minimum Gasteiger partial charge on any atom is -0.465 e. The highest BCUT2D eigenvalue weighted by Crippen LogP contribution is 2.31. The molecule has 5 nitrogen and oxygen atoms in total. The van der Waals surface area contributed by atoms with E-state index in [4.69, 9.17) is 27.9 Å². The number of ether oxygens (including phenoxy) is 1. The zero-order valence-electron chi connectivity index (χ0n) is 13.3. The number of fused-ring (bicyclic) bond motifs is 1. The normalized spacial score (nSPS) is 11.9. The standard InChI is InChI=1S/C16H11Cl2FN2O3S2/c1-2-24-12(22)7-21-13-9(19)4-3-5-10(13)25-16(21)20-15(23)8-6-11(17)26-14(8)18/h3-6H,2,7H2,1H3. The van der Waals surface area contributed by atoms with Crippen LogP contribution in [0.4, 0.5) is 4.39 Å². The molecule has 0 bridgehead atoms. The number of benzene rings is 1. The monoisotopic (exact) mass is 432 g/mol.